The molecule has 1 aromatic carbocycles. The lowest BCUT2D eigenvalue weighted by Gasteiger charge is -2.03. The molecular weight excluding hydrogens is 250 g/mol. The van der Waals surface area contributed by atoms with Gasteiger partial charge in [0.2, 0.25) is 0 Å². The van der Waals surface area contributed by atoms with E-state index in [1.165, 1.54) is 5.56 Å². The minimum absolute atomic E-state index is 0.771. The number of aryl methyl sites for hydroxylation is 1. The molecule has 102 valence electrons. The Morgan fingerprint density at radius 1 is 1.15 bits per heavy atom. The molecule has 0 saturated heterocycles. The summed E-state index contributed by atoms with van der Waals surface area (Å²) >= 11 is 0. The minimum atomic E-state index is 0.771. The van der Waals surface area contributed by atoms with Gasteiger partial charge in [0, 0.05) is 18.0 Å². The Morgan fingerprint density at radius 3 is 2.90 bits per heavy atom. The van der Waals surface area contributed by atoms with Crippen molar-refractivity contribution in [2.24, 2.45) is 0 Å². The van der Waals surface area contributed by atoms with Gasteiger partial charge in [0.15, 0.2) is 5.76 Å². The lowest BCUT2D eigenvalue weighted by atomic mass is 10.2. The topological polar surface area (TPSA) is 51.0 Å². The standard InChI is InChI=1S/C16H17N3O/c1-3-6-17-16-9-13(18-10-19-16)15-8-12-7-11(2)4-5-14(12)20-15/h4-5,7-10H,3,6H2,1-2H3,(H,17,18,19). The summed E-state index contributed by atoms with van der Waals surface area (Å²) in [6.45, 7) is 5.09. The lowest BCUT2D eigenvalue weighted by Crippen LogP contribution is -2.02. The first-order valence-electron chi connectivity index (χ1n) is 6.83. The fourth-order valence-corrected chi connectivity index (χ4v) is 2.13. The number of hydrogen-bond donors (Lipinski definition) is 1. The smallest absolute Gasteiger partial charge is 0.153 e. The van der Waals surface area contributed by atoms with Gasteiger partial charge in [-0.3, -0.25) is 0 Å². The molecule has 0 fully saturated rings. The molecule has 2 heterocycles. The molecule has 0 aliphatic heterocycles. The molecule has 0 unspecified atom stereocenters. The van der Waals surface area contributed by atoms with Crippen LogP contribution < -0.4 is 5.32 Å². The van der Waals surface area contributed by atoms with Gasteiger partial charge < -0.3 is 9.73 Å². The quantitative estimate of drug-likeness (QED) is 0.775. The summed E-state index contributed by atoms with van der Waals surface area (Å²) in [6, 6.07) is 10.1. The van der Waals surface area contributed by atoms with Crippen molar-refractivity contribution in [1.82, 2.24) is 9.97 Å². The van der Waals surface area contributed by atoms with Crippen LogP contribution in [0, 0.1) is 6.92 Å². The molecule has 0 aliphatic rings. The number of furan rings is 1. The molecular formula is C16H17N3O. The van der Waals surface area contributed by atoms with Crippen LogP contribution in [0.5, 0.6) is 0 Å². The van der Waals surface area contributed by atoms with E-state index in [-0.39, 0.29) is 0 Å². The number of fused-ring (bicyclic) bond motifs is 1. The molecule has 0 bridgehead atoms. The number of nitrogens with zero attached hydrogens (tertiary/aromatic N) is 2. The highest BCUT2D eigenvalue weighted by molar-refractivity contribution is 5.83. The molecule has 3 aromatic rings. The molecule has 0 amide bonds. The van der Waals surface area contributed by atoms with Gasteiger partial charge in [0.1, 0.15) is 23.4 Å². The number of aromatic nitrogens is 2. The van der Waals surface area contributed by atoms with Crippen LogP contribution in [-0.2, 0) is 0 Å². The molecule has 3 rings (SSSR count). The third-order valence-corrected chi connectivity index (χ3v) is 3.15. The Morgan fingerprint density at radius 2 is 2.05 bits per heavy atom. The Bertz CT molecular complexity index is 733. The van der Waals surface area contributed by atoms with E-state index in [0.717, 1.165) is 41.2 Å². The fraction of sp³-hybridized carbons (Fsp3) is 0.250. The zero-order valence-corrected chi connectivity index (χ0v) is 11.7. The van der Waals surface area contributed by atoms with Crippen LogP contribution in [0.3, 0.4) is 0 Å². The van der Waals surface area contributed by atoms with E-state index >= 15 is 0 Å². The van der Waals surface area contributed by atoms with E-state index in [0.29, 0.717) is 0 Å². The largest absolute Gasteiger partial charge is 0.454 e. The zero-order chi connectivity index (χ0) is 13.9. The number of benzene rings is 1. The van der Waals surface area contributed by atoms with Crippen molar-refractivity contribution >= 4 is 16.8 Å². The lowest BCUT2D eigenvalue weighted by molar-refractivity contribution is 0.628. The van der Waals surface area contributed by atoms with Crippen LogP contribution in [0.4, 0.5) is 5.82 Å². The molecule has 4 nitrogen and oxygen atoms in total. The van der Waals surface area contributed by atoms with Crippen LogP contribution >= 0.6 is 0 Å². The van der Waals surface area contributed by atoms with Crippen LogP contribution in [-0.4, -0.2) is 16.5 Å². The maximum atomic E-state index is 5.85. The average molecular weight is 267 g/mol. The number of anilines is 1. The summed E-state index contributed by atoms with van der Waals surface area (Å²) in [4.78, 5) is 8.50. The van der Waals surface area contributed by atoms with Crippen molar-refractivity contribution in [3.05, 3.63) is 42.2 Å². The first-order chi connectivity index (χ1) is 9.76. The highest BCUT2D eigenvalue weighted by Gasteiger charge is 2.08. The van der Waals surface area contributed by atoms with E-state index in [9.17, 15) is 0 Å². The van der Waals surface area contributed by atoms with Crippen LogP contribution in [0.25, 0.3) is 22.4 Å². The van der Waals surface area contributed by atoms with E-state index in [1.54, 1.807) is 6.33 Å². The van der Waals surface area contributed by atoms with E-state index in [4.69, 9.17) is 4.42 Å². The van der Waals surface area contributed by atoms with Gasteiger partial charge in [0.05, 0.1) is 0 Å². The van der Waals surface area contributed by atoms with E-state index < -0.39 is 0 Å². The van der Waals surface area contributed by atoms with Gasteiger partial charge in [-0.1, -0.05) is 18.6 Å². The second kappa shape index (κ2) is 5.33. The van der Waals surface area contributed by atoms with Crippen molar-refractivity contribution in [3.63, 3.8) is 0 Å². The van der Waals surface area contributed by atoms with Gasteiger partial charge >= 0.3 is 0 Å². The Balaban J connectivity index is 1.97. The first-order valence-corrected chi connectivity index (χ1v) is 6.83. The van der Waals surface area contributed by atoms with Crippen molar-refractivity contribution in [1.29, 1.82) is 0 Å². The molecule has 4 heteroatoms. The van der Waals surface area contributed by atoms with Gasteiger partial charge in [0.25, 0.3) is 0 Å². The van der Waals surface area contributed by atoms with Crippen molar-refractivity contribution in [2.75, 3.05) is 11.9 Å². The third kappa shape index (κ3) is 2.50. The monoisotopic (exact) mass is 267 g/mol. The Labute approximate surface area is 117 Å². The van der Waals surface area contributed by atoms with Crippen molar-refractivity contribution in [3.8, 4) is 11.5 Å². The Kier molecular flexibility index (Phi) is 3.37. The minimum Gasteiger partial charge on any atom is -0.454 e. The van der Waals surface area contributed by atoms with Crippen LogP contribution in [0.2, 0.25) is 0 Å². The highest BCUT2D eigenvalue weighted by Crippen LogP contribution is 2.27. The van der Waals surface area contributed by atoms with Crippen molar-refractivity contribution in [2.45, 2.75) is 20.3 Å². The van der Waals surface area contributed by atoms with Crippen LogP contribution in [0.1, 0.15) is 18.9 Å². The predicted octanol–water partition coefficient (Wildman–Crippen LogP) is 4.02. The maximum Gasteiger partial charge on any atom is 0.153 e. The number of hydrogen-bond acceptors (Lipinski definition) is 4. The molecule has 0 spiro atoms. The fourth-order valence-electron chi connectivity index (χ4n) is 2.13. The maximum absolute atomic E-state index is 5.85. The SMILES string of the molecule is CCCNc1cc(-c2cc3cc(C)ccc3o2)ncn1. The van der Waals surface area contributed by atoms with Gasteiger partial charge in [-0.15, -0.1) is 0 Å². The summed E-state index contributed by atoms with van der Waals surface area (Å²) < 4.78 is 5.85. The molecule has 0 radical (unpaired) electrons. The molecule has 2 aromatic heterocycles. The molecule has 0 aliphatic carbocycles. The van der Waals surface area contributed by atoms with Crippen molar-refractivity contribution < 1.29 is 4.42 Å². The highest BCUT2D eigenvalue weighted by atomic mass is 16.3. The first kappa shape index (κ1) is 12.7. The Hall–Kier alpha value is -2.36. The van der Waals surface area contributed by atoms with E-state index in [2.05, 4.69) is 35.2 Å². The average Bonchev–Trinajstić information content (AvgIpc) is 2.88. The third-order valence-electron chi connectivity index (χ3n) is 3.15. The summed E-state index contributed by atoms with van der Waals surface area (Å²) in [7, 11) is 0. The molecule has 0 saturated carbocycles. The second-order valence-electron chi connectivity index (χ2n) is 4.87. The molecule has 20 heavy (non-hydrogen) atoms. The summed E-state index contributed by atoms with van der Waals surface area (Å²) in [5, 5.41) is 4.35. The van der Waals surface area contributed by atoms with Gasteiger partial charge in [-0.25, -0.2) is 9.97 Å². The number of nitrogens with one attached hydrogen (secondary N) is 1. The number of rotatable bonds is 4. The second-order valence-corrected chi connectivity index (χ2v) is 4.87. The molecule has 1 N–H and O–H groups in total. The van der Waals surface area contributed by atoms with Gasteiger partial charge in [-0.05, 0) is 31.5 Å². The van der Waals surface area contributed by atoms with Crippen LogP contribution in [0.15, 0.2) is 41.1 Å². The summed E-state index contributed by atoms with van der Waals surface area (Å²) in [5.74, 6) is 1.60. The van der Waals surface area contributed by atoms with E-state index in [1.807, 2.05) is 24.3 Å². The molecule has 0 atom stereocenters. The summed E-state index contributed by atoms with van der Waals surface area (Å²) in [6.07, 6.45) is 2.62. The zero-order valence-electron chi connectivity index (χ0n) is 11.7. The predicted molar refractivity (Wildman–Crippen MR) is 80.8 cm³/mol. The normalized spacial score (nSPS) is 10.9. The van der Waals surface area contributed by atoms with Gasteiger partial charge in [-0.2, -0.15) is 0 Å². The summed E-state index contributed by atoms with van der Waals surface area (Å²) in [5.41, 5.74) is 2.90.